The molecule has 0 spiro atoms. The van der Waals surface area contributed by atoms with Gasteiger partial charge in [-0.3, -0.25) is 4.79 Å². The molecule has 1 aromatic heterocycles. The van der Waals surface area contributed by atoms with E-state index in [-0.39, 0.29) is 11.5 Å². The molecule has 116 valence electrons. The van der Waals surface area contributed by atoms with Gasteiger partial charge in [0.15, 0.2) is 5.43 Å². The molecule has 0 bridgehead atoms. The molecule has 1 aliphatic rings. The minimum absolute atomic E-state index is 0.00593. The lowest BCUT2D eigenvalue weighted by molar-refractivity contribution is 0.369. The number of hydrogen-bond donors (Lipinski definition) is 2. The Kier molecular flexibility index (Phi) is 3.69. The summed E-state index contributed by atoms with van der Waals surface area (Å²) in [4.78, 5) is 12.5. The van der Waals surface area contributed by atoms with Crippen molar-refractivity contribution in [2.75, 3.05) is 19.6 Å². The van der Waals surface area contributed by atoms with Crippen molar-refractivity contribution < 1.29 is 4.42 Å². The summed E-state index contributed by atoms with van der Waals surface area (Å²) >= 11 is 0. The van der Waals surface area contributed by atoms with Crippen molar-refractivity contribution >= 4 is 11.0 Å². The molecule has 1 atom stereocenters. The highest BCUT2D eigenvalue weighted by atomic mass is 16.3. The lowest BCUT2D eigenvalue weighted by Gasteiger charge is -2.23. The zero-order valence-electron chi connectivity index (χ0n) is 12.7. The number of nitrogens with one attached hydrogen (secondary N) is 2. The first-order chi connectivity index (χ1) is 11.3. The van der Waals surface area contributed by atoms with Gasteiger partial charge in [0, 0.05) is 31.3 Å². The number of hydrogen-bond acceptors (Lipinski definition) is 4. The van der Waals surface area contributed by atoms with Crippen LogP contribution in [0.25, 0.3) is 22.1 Å². The summed E-state index contributed by atoms with van der Waals surface area (Å²) in [6.07, 6.45) is 0. The molecule has 1 unspecified atom stereocenters. The van der Waals surface area contributed by atoms with Gasteiger partial charge in [0.1, 0.15) is 11.3 Å². The third-order valence-electron chi connectivity index (χ3n) is 4.24. The number of rotatable bonds is 2. The van der Waals surface area contributed by atoms with Crippen LogP contribution >= 0.6 is 0 Å². The van der Waals surface area contributed by atoms with Crippen LogP contribution in [0.5, 0.6) is 0 Å². The Morgan fingerprint density at radius 1 is 1.00 bits per heavy atom. The SMILES string of the molecule is O=c1cc(C2CNCCN2)oc2c(-c3ccccc3)cccc12. The second-order valence-electron chi connectivity index (χ2n) is 5.77. The smallest absolute Gasteiger partial charge is 0.193 e. The van der Waals surface area contributed by atoms with Gasteiger partial charge in [-0.05, 0) is 11.6 Å². The molecule has 23 heavy (non-hydrogen) atoms. The molecule has 1 saturated heterocycles. The van der Waals surface area contributed by atoms with Crippen molar-refractivity contribution in [1.29, 1.82) is 0 Å². The number of piperazine rings is 1. The predicted octanol–water partition coefficient (Wildman–Crippen LogP) is 2.69. The van der Waals surface area contributed by atoms with Crippen molar-refractivity contribution in [1.82, 2.24) is 10.6 Å². The van der Waals surface area contributed by atoms with Crippen molar-refractivity contribution in [2.24, 2.45) is 0 Å². The first-order valence-electron chi connectivity index (χ1n) is 7.89. The first-order valence-corrected chi connectivity index (χ1v) is 7.89. The van der Waals surface area contributed by atoms with Crippen LogP contribution in [0.2, 0.25) is 0 Å². The standard InChI is InChI=1S/C19H18N2O2/c22-17-11-18(16-12-20-9-10-21-16)23-19-14(7-4-8-15(17)19)13-5-2-1-3-6-13/h1-8,11,16,20-21H,9-10,12H2. The second-order valence-corrected chi connectivity index (χ2v) is 5.77. The van der Waals surface area contributed by atoms with E-state index in [1.54, 1.807) is 6.07 Å². The third kappa shape index (κ3) is 2.67. The van der Waals surface area contributed by atoms with E-state index in [9.17, 15) is 4.79 Å². The quantitative estimate of drug-likeness (QED) is 0.764. The van der Waals surface area contributed by atoms with Crippen LogP contribution < -0.4 is 16.1 Å². The number of fused-ring (bicyclic) bond motifs is 1. The van der Waals surface area contributed by atoms with Gasteiger partial charge < -0.3 is 15.1 Å². The Morgan fingerprint density at radius 3 is 2.65 bits per heavy atom. The maximum atomic E-state index is 12.5. The fraction of sp³-hybridized carbons (Fsp3) is 0.211. The molecule has 2 N–H and O–H groups in total. The Bertz CT molecular complexity index is 881. The van der Waals surface area contributed by atoms with Crippen molar-refractivity contribution in [3.05, 3.63) is 70.6 Å². The van der Waals surface area contributed by atoms with E-state index in [1.807, 2.05) is 48.5 Å². The van der Waals surface area contributed by atoms with Gasteiger partial charge in [0.2, 0.25) is 0 Å². The Balaban J connectivity index is 1.91. The highest BCUT2D eigenvalue weighted by Crippen LogP contribution is 2.29. The van der Waals surface area contributed by atoms with Crippen LogP contribution in [0.15, 0.2) is 63.8 Å². The number of benzene rings is 2. The van der Waals surface area contributed by atoms with Gasteiger partial charge >= 0.3 is 0 Å². The zero-order valence-corrected chi connectivity index (χ0v) is 12.7. The Labute approximate surface area is 134 Å². The molecular weight excluding hydrogens is 288 g/mol. The van der Waals surface area contributed by atoms with Gasteiger partial charge in [-0.1, -0.05) is 42.5 Å². The fourth-order valence-corrected chi connectivity index (χ4v) is 3.07. The fourth-order valence-electron chi connectivity index (χ4n) is 3.07. The predicted molar refractivity (Wildman–Crippen MR) is 91.5 cm³/mol. The summed E-state index contributed by atoms with van der Waals surface area (Å²) in [6, 6.07) is 17.4. The van der Waals surface area contributed by atoms with Crippen molar-refractivity contribution in [3.8, 4) is 11.1 Å². The van der Waals surface area contributed by atoms with E-state index in [0.717, 1.165) is 30.8 Å². The van der Waals surface area contributed by atoms with Crippen LogP contribution in [0, 0.1) is 0 Å². The molecule has 1 aliphatic heterocycles. The third-order valence-corrected chi connectivity index (χ3v) is 4.24. The van der Waals surface area contributed by atoms with E-state index in [0.29, 0.717) is 16.7 Å². The lowest BCUT2D eigenvalue weighted by atomic mass is 10.0. The minimum Gasteiger partial charge on any atom is -0.458 e. The number of para-hydroxylation sites is 1. The van der Waals surface area contributed by atoms with Gasteiger partial charge in [-0.2, -0.15) is 0 Å². The summed E-state index contributed by atoms with van der Waals surface area (Å²) < 4.78 is 6.17. The Morgan fingerprint density at radius 2 is 1.87 bits per heavy atom. The molecule has 0 radical (unpaired) electrons. The second kappa shape index (κ2) is 5.99. The van der Waals surface area contributed by atoms with Crippen LogP contribution in [0.1, 0.15) is 11.8 Å². The largest absolute Gasteiger partial charge is 0.458 e. The molecule has 0 amide bonds. The topological polar surface area (TPSA) is 54.3 Å². The van der Waals surface area contributed by atoms with E-state index >= 15 is 0 Å². The van der Waals surface area contributed by atoms with Gasteiger partial charge in [0.25, 0.3) is 0 Å². The normalized spacial score (nSPS) is 18.2. The van der Waals surface area contributed by atoms with E-state index < -0.39 is 0 Å². The van der Waals surface area contributed by atoms with Crippen LogP contribution in [-0.4, -0.2) is 19.6 Å². The Hall–Kier alpha value is -2.43. The van der Waals surface area contributed by atoms with Crippen LogP contribution in [-0.2, 0) is 0 Å². The van der Waals surface area contributed by atoms with Crippen molar-refractivity contribution in [2.45, 2.75) is 6.04 Å². The lowest BCUT2D eigenvalue weighted by Crippen LogP contribution is -2.42. The summed E-state index contributed by atoms with van der Waals surface area (Å²) in [7, 11) is 0. The monoisotopic (exact) mass is 306 g/mol. The highest BCUT2D eigenvalue weighted by Gasteiger charge is 2.19. The molecule has 2 heterocycles. The summed E-state index contributed by atoms with van der Waals surface area (Å²) in [6.45, 7) is 2.57. The maximum absolute atomic E-state index is 12.5. The van der Waals surface area contributed by atoms with E-state index in [2.05, 4.69) is 10.6 Å². The summed E-state index contributed by atoms with van der Waals surface area (Å²) in [5, 5.41) is 7.34. The molecule has 4 heteroatoms. The minimum atomic E-state index is 0.00593. The average molecular weight is 306 g/mol. The van der Waals surface area contributed by atoms with Crippen LogP contribution in [0.3, 0.4) is 0 Å². The van der Waals surface area contributed by atoms with Gasteiger partial charge in [0.05, 0.1) is 11.4 Å². The van der Waals surface area contributed by atoms with E-state index in [4.69, 9.17) is 4.42 Å². The first kappa shape index (κ1) is 14.2. The molecular formula is C19H18N2O2. The van der Waals surface area contributed by atoms with Gasteiger partial charge in [-0.15, -0.1) is 0 Å². The zero-order chi connectivity index (χ0) is 15.6. The van der Waals surface area contributed by atoms with Crippen molar-refractivity contribution in [3.63, 3.8) is 0 Å². The van der Waals surface area contributed by atoms with Gasteiger partial charge in [-0.25, -0.2) is 0 Å². The summed E-state index contributed by atoms with van der Waals surface area (Å²) in [5.74, 6) is 0.693. The average Bonchev–Trinajstić information content (AvgIpc) is 2.63. The summed E-state index contributed by atoms with van der Waals surface area (Å²) in [5.41, 5.74) is 2.67. The molecule has 0 saturated carbocycles. The molecule has 4 nitrogen and oxygen atoms in total. The van der Waals surface area contributed by atoms with Crippen LogP contribution in [0.4, 0.5) is 0 Å². The molecule has 0 aliphatic carbocycles. The van der Waals surface area contributed by atoms with E-state index in [1.165, 1.54) is 0 Å². The molecule has 2 aromatic carbocycles. The molecule has 4 rings (SSSR count). The molecule has 1 fully saturated rings. The maximum Gasteiger partial charge on any atom is 0.193 e. The highest BCUT2D eigenvalue weighted by molar-refractivity contribution is 5.91. The molecule has 3 aromatic rings.